The average molecular weight is 356 g/mol. The minimum Gasteiger partial charge on any atom is -0.744 e. The maximum absolute atomic E-state index is 10.9. The van der Waals surface area contributed by atoms with Crippen LogP contribution in [0.5, 0.6) is 5.75 Å². The average Bonchev–Trinajstić information content (AvgIpc) is 2.54. The molecule has 0 saturated heterocycles. The number of rotatable bonds is 3. The third kappa shape index (κ3) is 4.00. The molecule has 0 bridgehead atoms. The van der Waals surface area contributed by atoms with Crippen LogP contribution in [0.25, 0.3) is 10.8 Å². The van der Waals surface area contributed by atoms with Gasteiger partial charge in [0.15, 0.2) is 0 Å². The van der Waals surface area contributed by atoms with Crippen molar-refractivity contribution in [3.05, 3.63) is 60.7 Å². The summed E-state index contributed by atoms with van der Waals surface area (Å²) < 4.78 is 32.6. The van der Waals surface area contributed by atoms with Crippen molar-refractivity contribution in [2.45, 2.75) is 4.90 Å². The first-order valence-corrected chi connectivity index (χ1v) is 8.04. The Kier molecular flexibility index (Phi) is 5.74. The van der Waals surface area contributed by atoms with E-state index < -0.39 is 10.1 Å². The fourth-order valence-electron chi connectivity index (χ4n) is 2.15. The van der Waals surface area contributed by atoms with E-state index in [0.29, 0.717) is 16.8 Å². The van der Waals surface area contributed by atoms with Gasteiger partial charge in [-0.05, 0) is 36.4 Å². The van der Waals surface area contributed by atoms with Gasteiger partial charge in [-0.15, -0.1) is 5.11 Å². The molecule has 6 nitrogen and oxygen atoms in total. The molecule has 3 aromatic rings. The first-order chi connectivity index (χ1) is 10.9. The van der Waals surface area contributed by atoms with Crippen LogP contribution < -0.4 is 29.6 Å². The summed E-state index contributed by atoms with van der Waals surface area (Å²) in [5.41, 5.74) is 0.980. The van der Waals surface area contributed by atoms with Crippen LogP contribution in [0.3, 0.4) is 0 Å². The van der Waals surface area contributed by atoms with Crippen LogP contribution in [0.4, 0.5) is 11.4 Å². The van der Waals surface area contributed by atoms with Crippen LogP contribution in [-0.2, 0) is 10.1 Å². The summed E-state index contributed by atoms with van der Waals surface area (Å²) in [6.07, 6.45) is 0. The summed E-state index contributed by atoms with van der Waals surface area (Å²) in [6.45, 7) is 0. The number of hydrogen-bond donors (Lipinski definition) is 1. The van der Waals surface area contributed by atoms with Gasteiger partial charge >= 0.3 is 29.6 Å². The van der Waals surface area contributed by atoms with Crippen LogP contribution in [0.2, 0.25) is 0 Å². The van der Waals surface area contributed by atoms with E-state index in [1.54, 1.807) is 12.1 Å². The minimum absolute atomic E-state index is 0. The first-order valence-electron chi connectivity index (χ1n) is 6.63. The molecule has 3 rings (SSSR count). The van der Waals surface area contributed by atoms with Gasteiger partial charge in [0.1, 0.15) is 15.9 Å². The predicted molar refractivity (Wildman–Crippen MR) is 84.2 cm³/mol. The van der Waals surface area contributed by atoms with Crippen molar-refractivity contribution in [2.75, 3.05) is 0 Å². The monoisotopic (exact) mass is 356 g/mol. The van der Waals surface area contributed by atoms with Crippen molar-refractivity contribution in [1.29, 1.82) is 0 Å². The molecule has 0 amide bonds. The Bertz CT molecular complexity index is 1000. The number of azo groups is 1. The van der Waals surface area contributed by atoms with Gasteiger partial charge in [-0.3, -0.25) is 0 Å². The van der Waals surface area contributed by atoms with E-state index in [9.17, 15) is 18.1 Å². The molecule has 0 heterocycles. The number of phenols is 1. The summed E-state index contributed by atoms with van der Waals surface area (Å²) in [5.74, 6) is 0.157. The zero-order valence-electron chi connectivity index (χ0n) is 12.7. The Labute approximate surface area is 160 Å². The molecule has 0 radical (unpaired) electrons. The number of benzene rings is 3. The molecule has 0 spiro atoms. The Hall–Kier alpha value is -1.77. The largest absolute Gasteiger partial charge is 1.00 e. The Morgan fingerprint density at radius 1 is 0.833 bits per heavy atom. The third-order valence-electron chi connectivity index (χ3n) is 3.28. The zero-order valence-corrected chi connectivity index (χ0v) is 15.6. The summed E-state index contributed by atoms with van der Waals surface area (Å²) in [6, 6.07) is 15.6. The molecular formula is C16H11N2NaO4S. The standard InChI is InChI=1S/C16H12N2O4S.Na/c19-16-10-9-15(13-3-1-2-4-14(13)16)18-17-11-5-7-12(8-6-11)23(20,21)22;/h1-10,19H,(H,20,21,22);/q;+1/p-1/i5+1,6+1,7+1,8+1,11+1,12+1;. The fraction of sp³-hybridized carbons (Fsp3) is 0. The van der Waals surface area contributed by atoms with E-state index in [1.165, 1.54) is 30.3 Å². The van der Waals surface area contributed by atoms with Crippen LogP contribution in [0.15, 0.2) is 75.8 Å². The Morgan fingerprint density at radius 3 is 2.08 bits per heavy atom. The van der Waals surface area contributed by atoms with Crippen molar-refractivity contribution in [3.63, 3.8) is 0 Å². The van der Waals surface area contributed by atoms with Crippen LogP contribution in [0, 0.1) is 0 Å². The van der Waals surface area contributed by atoms with E-state index in [0.717, 1.165) is 5.39 Å². The van der Waals surface area contributed by atoms with Crippen LogP contribution >= 0.6 is 0 Å². The number of fused-ring (bicyclic) bond motifs is 1. The van der Waals surface area contributed by atoms with Crippen LogP contribution in [0.1, 0.15) is 0 Å². The topological polar surface area (TPSA) is 102 Å². The number of phenolic OH excluding ortho intramolecular Hbond substituents is 1. The molecule has 0 saturated carbocycles. The molecule has 1 N–H and O–H groups in total. The van der Waals surface area contributed by atoms with E-state index in [2.05, 4.69) is 10.2 Å². The summed E-state index contributed by atoms with van der Waals surface area (Å²) in [5, 5.41) is 19.4. The molecule has 0 fully saturated rings. The van der Waals surface area contributed by atoms with Gasteiger partial charge < -0.3 is 9.66 Å². The second-order valence-corrected chi connectivity index (χ2v) is 6.18. The van der Waals surface area contributed by atoms with Crippen molar-refractivity contribution in [2.24, 2.45) is 10.2 Å². The Balaban J connectivity index is 0.00000208. The van der Waals surface area contributed by atoms with E-state index >= 15 is 0 Å². The quantitative estimate of drug-likeness (QED) is 0.427. The number of hydrogen-bond acceptors (Lipinski definition) is 6. The second-order valence-electron chi connectivity index (χ2n) is 4.80. The van der Waals surface area contributed by atoms with Gasteiger partial charge in [-0.1, -0.05) is 24.3 Å². The van der Waals surface area contributed by atoms with Gasteiger partial charge in [0.25, 0.3) is 0 Å². The molecule has 0 aliphatic heterocycles. The molecule has 0 aliphatic carbocycles. The molecule has 24 heavy (non-hydrogen) atoms. The molecule has 0 unspecified atom stereocenters. The SMILES string of the molecule is O=S(=O)([O-])[13c]1[13cH][13cH][13c](N=Nc2ccc(O)c3ccccc23)[13cH][13cH]1.[Na+]. The van der Waals surface area contributed by atoms with Gasteiger partial charge in [-0.2, -0.15) is 5.11 Å². The summed E-state index contributed by atoms with van der Waals surface area (Å²) in [7, 11) is -4.47. The van der Waals surface area contributed by atoms with Gasteiger partial charge in [0, 0.05) is 10.8 Å². The van der Waals surface area contributed by atoms with Crippen molar-refractivity contribution in [3.8, 4) is 5.75 Å². The van der Waals surface area contributed by atoms with Crippen molar-refractivity contribution < 1.29 is 47.6 Å². The van der Waals surface area contributed by atoms with E-state index in [1.807, 2.05) is 18.2 Å². The molecule has 0 aromatic heterocycles. The first kappa shape index (κ1) is 18.6. The van der Waals surface area contributed by atoms with Crippen LogP contribution in [-0.4, -0.2) is 18.1 Å². The van der Waals surface area contributed by atoms with Gasteiger partial charge in [0.05, 0.1) is 16.3 Å². The smallest absolute Gasteiger partial charge is 0.744 e. The number of nitrogens with zero attached hydrogens (tertiary/aromatic N) is 2. The van der Waals surface area contributed by atoms with Gasteiger partial charge in [-0.25, -0.2) is 8.42 Å². The van der Waals surface area contributed by atoms with Crippen molar-refractivity contribution in [1.82, 2.24) is 0 Å². The second kappa shape index (κ2) is 7.42. The maximum Gasteiger partial charge on any atom is 1.00 e. The molecule has 0 aliphatic rings. The van der Waals surface area contributed by atoms with E-state index in [4.69, 9.17) is 0 Å². The molecule has 0 atom stereocenters. The third-order valence-corrected chi connectivity index (χ3v) is 4.13. The predicted octanol–water partition coefficient (Wildman–Crippen LogP) is 0.869. The fourth-order valence-corrected chi connectivity index (χ4v) is 2.61. The molecular weight excluding hydrogens is 345 g/mol. The maximum atomic E-state index is 10.9. The number of aromatic hydroxyl groups is 1. The summed E-state index contributed by atoms with van der Waals surface area (Å²) in [4.78, 5) is -0.313. The normalized spacial score (nSPS) is 11.5. The molecule has 3 aromatic carbocycles. The van der Waals surface area contributed by atoms with Gasteiger partial charge in [0.2, 0.25) is 0 Å². The Morgan fingerprint density at radius 2 is 1.46 bits per heavy atom. The summed E-state index contributed by atoms with van der Waals surface area (Å²) >= 11 is 0. The van der Waals surface area contributed by atoms with Crippen molar-refractivity contribution >= 4 is 32.3 Å². The zero-order chi connectivity index (χ0) is 16.4. The molecule has 8 heteroatoms. The minimum atomic E-state index is -4.47. The van der Waals surface area contributed by atoms with E-state index in [-0.39, 0.29) is 40.2 Å². The molecule has 116 valence electrons.